The van der Waals surface area contributed by atoms with Crippen LogP contribution >= 0.6 is 34.8 Å². The first-order valence-corrected chi connectivity index (χ1v) is 7.38. The van der Waals surface area contributed by atoms with E-state index in [0.29, 0.717) is 15.9 Å². The van der Waals surface area contributed by atoms with Gasteiger partial charge in [-0.25, -0.2) is 4.98 Å². The van der Waals surface area contributed by atoms with Crippen molar-refractivity contribution in [3.8, 4) is 5.69 Å². The minimum Gasteiger partial charge on any atom is -0.295 e. The average molecular weight is 326 g/mol. The molecule has 0 aliphatic rings. The summed E-state index contributed by atoms with van der Waals surface area (Å²) in [5.41, 5.74) is 3.92. The van der Waals surface area contributed by atoms with Gasteiger partial charge in [-0.3, -0.25) is 4.57 Å². The minimum absolute atomic E-state index is 0.318. The fourth-order valence-corrected chi connectivity index (χ4v) is 3.03. The lowest BCUT2D eigenvalue weighted by atomic mass is 10.2. The van der Waals surface area contributed by atoms with E-state index in [4.69, 9.17) is 34.8 Å². The number of alkyl halides is 1. The fraction of sp³-hybridized carbons (Fsp3) is 0.133. The third-order valence-corrected chi connectivity index (χ3v) is 3.86. The second kappa shape index (κ2) is 5.28. The van der Waals surface area contributed by atoms with Crippen LogP contribution in [0, 0.1) is 6.92 Å². The number of fused-ring (bicyclic) bond motifs is 1. The van der Waals surface area contributed by atoms with Gasteiger partial charge in [0.2, 0.25) is 0 Å². The number of nitrogens with zero attached hydrogens (tertiary/aromatic N) is 2. The number of aromatic nitrogens is 2. The summed E-state index contributed by atoms with van der Waals surface area (Å²) in [6, 6.07) is 11.5. The van der Waals surface area contributed by atoms with Crippen molar-refractivity contribution in [2.24, 2.45) is 0 Å². The van der Waals surface area contributed by atoms with Gasteiger partial charge in [-0.05, 0) is 36.8 Å². The smallest absolute Gasteiger partial charge is 0.129 e. The molecule has 0 saturated heterocycles. The summed E-state index contributed by atoms with van der Waals surface area (Å²) in [5, 5.41) is 1.17. The van der Waals surface area contributed by atoms with Gasteiger partial charge in [0, 0.05) is 10.0 Å². The molecule has 1 aromatic heterocycles. The van der Waals surface area contributed by atoms with Crippen LogP contribution < -0.4 is 0 Å². The summed E-state index contributed by atoms with van der Waals surface area (Å²) in [6.07, 6.45) is 0. The third-order valence-electron chi connectivity index (χ3n) is 3.18. The van der Waals surface area contributed by atoms with Crippen LogP contribution in [0.1, 0.15) is 11.4 Å². The van der Waals surface area contributed by atoms with Gasteiger partial charge < -0.3 is 0 Å². The molecule has 0 fully saturated rings. The summed E-state index contributed by atoms with van der Waals surface area (Å²) < 4.78 is 1.99. The molecule has 0 aliphatic heterocycles. The Labute approximate surface area is 131 Å². The van der Waals surface area contributed by atoms with Crippen molar-refractivity contribution in [2.45, 2.75) is 12.8 Å². The maximum atomic E-state index is 6.09. The Kier molecular flexibility index (Phi) is 3.63. The van der Waals surface area contributed by atoms with E-state index in [1.54, 1.807) is 6.07 Å². The quantitative estimate of drug-likeness (QED) is 0.578. The van der Waals surface area contributed by atoms with Crippen LogP contribution in [0.15, 0.2) is 36.4 Å². The number of halogens is 3. The molecule has 0 amide bonds. The molecule has 0 N–H and O–H groups in total. The van der Waals surface area contributed by atoms with E-state index in [2.05, 4.69) is 4.98 Å². The van der Waals surface area contributed by atoms with Gasteiger partial charge in [0.25, 0.3) is 0 Å². The molecule has 0 radical (unpaired) electrons. The first-order valence-electron chi connectivity index (χ1n) is 6.09. The van der Waals surface area contributed by atoms with E-state index in [1.165, 1.54) is 0 Å². The van der Waals surface area contributed by atoms with E-state index in [1.807, 2.05) is 41.8 Å². The van der Waals surface area contributed by atoms with Crippen molar-refractivity contribution < 1.29 is 0 Å². The number of imidazole rings is 1. The van der Waals surface area contributed by atoms with Crippen LogP contribution in [0.4, 0.5) is 0 Å². The van der Waals surface area contributed by atoms with Gasteiger partial charge in [0.15, 0.2) is 0 Å². The number of hydrogen-bond donors (Lipinski definition) is 0. The van der Waals surface area contributed by atoms with Crippen molar-refractivity contribution in [3.63, 3.8) is 0 Å². The lowest BCUT2D eigenvalue weighted by molar-refractivity contribution is 0.982. The summed E-state index contributed by atoms with van der Waals surface area (Å²) in [6.45, 7) is 2.03. The van der Waals surface area contributed by atoms with E-state index in [-0.39, 0.29) is 0 Å². The molecule has 0 saturated carbocycles. The van der Waals surface area contributed by atoms with Crippen LogP contribution in [0.25, 0.3) is 16.7 Å². The highest BCUT2D eigenvalue weighted by molar-refractivity contribution is 6.34. The molecule has 0 spiro atoms. The van der Waals surface area contributed by atoms with E-state index in [0.717, 1.165) is 28.1 Å². The van der Waals surface area contributed by atoms with Gasteiger partial charge in [-0.2, -0.15) is 0 Å². The molecule has 2 aromatic carbocycles. The average Bonchev–Trinajstić information content (AvgIpc) is 2.77. The Bertz CT molecular complexity index is 773. The van der Waals surface area contributed by atoms with Crippen molar-refractivity contribution in [3.05, 3.63) is 57.8 Å². The van der Waals surface area contributed by atoms with Crippen LogP contribution in [0.3, 0.4) is 0 Å². The maximum Gasteiger partial charge on any atom is 0.129 e. The number of para-hydroxylation sites is 1. The third kappa shape index (κ3) is 2.28. The van der Waals surface area contributed by atoms with Gasteiger partial charge in [0.05, 0.1) is 22.6 Å². The first-order chi connectivity index (χ1) is 9.60. The molecule has 1 heterocycles. The zero-order valence-corrected chi connectivity index (χ0v) is 13.0. The molecular formula is C15H11Cl3N2. The van der Waals surface area contributed by atoms with E-state index < -0.39 is 0 Å². The Hall–Kier alpha value is -1.22. The molecule has 2 nitrogen and oxygen atoms in total. The van der Waals surface area contributed by atoms with Gasteiger partial charge in [-0.1, -0.05) is 35.3 Å². The summed E-state index contributed by atoms with van der Waals surface area (Å²) in [7, 11) is 0. The minimum atomic E-state index is 0.318. The standard InChI is InChI=1S/C15H11Cl3N2/c1-9-3-2-4-13-15(9)19-14(8-16)20(13)12-6-10(17)5-11(18)7-12/h2-7H,8H2,1H3. The molecule has 102 valence electrons. The molecule has 0 unspecified atom stereocenters. The predicted molar refractivity (Wildman–Crippen MR) is 85.4 cm³/mol. The van der Waals surface area contributed by atoms with E-state index in [9.17, 15) is 0 Å². The number of aryl methyl sites for hydroxylation is 1. The van der Waals surface area contributed by atoms with Crippen molar-refractivity contribution in [1.82, 2.24) is 9.55 Å². The highest BCUT2D eigenvalue weighted by atomic mass is 35.5. The SMILES string of the molecule is Cc1cccc2c1nc(CCl)n2-c1cc(Cl)cc(Cl)c1. The maximum absolute atomic E-state index is 6.09. The Morgan fingerprint density at radius 2 is 1.80 bits per heavy atom. The van der Waals surface area contributed by atoms with Crippen molar-refractivity contribution >= 4 is 45.8 Å². The number of hydrogen-bond acceptors (Lipinski definition) is 1. The summed E-state index contributed by atoms with van der Waals surface area (Å²) in [5.74, 6) is 1.09. The zero-order chi connectivity index (χ0) is 14.3. The van der Waals surface area contributed by atoms with Crippen LogP contribution in [0.2, 0.25) is 10.0 Å². The predicted octanol–water partition coefficient (Wildman–Crippen LogP) is 5.38. The van der Waals surface area contributed by atoms with Gasteiger partial charge in [-0.15, -0.1) is 11.6 Å². The summed E-state index contributed by atoms with van der Waals surface area (Å²) >= 11 is 18.2. The Morgan fingerprint density at radius 1 is 1.10 bits per heavy atom. The van der Waals surface area contributed by atoms with Crippen molar-refractivity contribution in [2.75, 3.05) is 0 Å². The van der Waals surface area contributed by atoms with Gasteiger partial charge in [0.1, 0.15) is 5.82 Å². The molecule has 0 bridgehead atoms. The Balaban J connectivity index is 2.37. The second-order valence-electron chi connectivity index (χ2n) is 4.57. The van der Waals surface area contributed by atoms with Crippen LogP contribution in [-0.4, -0.2) is 9.55 Å². The molecule has 20 heavy (non-hydrogen) atoms. The van der Waals surface area contributed by atoms with Crippen molar-refractivity contribution in [1.29, 1.82) is 0 Å². The topological polar surface area (TPSA) is 17.8 Å². The summed E-state index contributed by atoms with van der Waals surface area (Å²) in [4.78, 5) is 4.61. The highest BCUT2D eigenvalue weighted by Gasteiger charge is 2.13. The molecule has 0 aliphatic carbocycles. The molecule has 3 rings (SSSR count). The zero-order valence-electron chi connectivity index (χ0n) is 10.7. The monoisotopic (exact) mass is 324 g/mol. The van der Waals surface area contributed by atoms with Gasteiger partial charge >= 0.3 is 0 Å². The first kappa shape index (κ1) is 13.7. The molecule has 0 atom stereocenters. The fourth-order valence-electron chi connectivity index (χ4n) is 2.33. The van der Waals surface area contributed by atoms with Crippen LogP contribution in [0.5, 0.6) is 0 Å². The van der Waals surface area contributed by atoms with Crippen LogP contribution in [-0.2, 0) is 5.88 Å². The lowest BCUT2D eigenvalue weighted by Crippen LogP contribution is -1.99. The highest BCUT2D eigenvalue weighted by Crippen LogP contribution is 2.28. The van der Waals surface area contributed by atoms with E-state index >= 15 is 0 Å². The molecule has 5 heteroatoms. The number of rotatable bonds is 2. The largest absolute Gasteiger partial charge is 0.295 e. The Morgan fingerprint density at radius 3 is 2.45 bits per heavy atom. The lowest BCUT2D eigenvalue weighted by Gasteiger charge is -2.09. The molecule has 3 aromatic rings. The molecular weight excluding hydrogens is 315 g/mol. The second-order valence-corrected chi connectivity index (χ2v) is 5.71. The number of benzene rings is 2. The normalized spacial score (nSPS) is 11.2.